The van der Waals surface area contributed by atoms with E-state index in [1.165, 1.54) is 19.3 Å². The molecule has 0 bridgehead atoms. The van der Waals surface area contributed by atoms with Crippen molar-refractivity contribution in [3.05, 3.63) is 34.3 Å². The van der Waals surface area contributed by atoms with Crippen molar-refractivity contribution in [2.24, 2.45) is 5.92 Å². The lowest BCUT2D eigenvalue weighted by Crippen LogP contribution is -2.04. The molecule has 0 N–H and O–H groups in total. The van der Waals surface area contributed by atoms with E-state index in [2.05, 4.69) is 6.92 Å². The van der Waals surface area contributed by atoms with E-state index in [1.54, 1.807) is 18.2 Å². The number of halogens is 2. The maximum absolute atomic E-state index is 5.56. The normalized spacial score (nSPS) is 13.9. The van der Waals surface area contributed by atoms with Crippen molar-refractivity contribution < 1.29 is 0 Å². The molecule has 1 fully saturated rings. The van der Waals surface area contributed by atoms with E-state index >= 15 is 0 Å². The lowest BCUT2D eigenvalue weighted by molar-refractivity contribution is 0.346. The third-order valence-corrected chi connectivity index (χ3v) is 2.65. The van der Waals surface area contributed by atoms with Crippen molar-refractivity contribution in [1.29, 1.82) is 0 Å². The predicted octanol–water partition coefficient (Wildman–Crippen LogP) is 5.83. The molecular weight excluding hydrogens is 227 g/mol. The maximum Gasteiger partial charge on any atom is 0.0420 e. The van der Waals surface area contributed by atoms with Crippen LogP contribution >= 0.6 is 23.2 Å². The Balaban J connectivity index is 0.000000241. The Morgan fingerprint density at radius 3 is 1.60 bits per heavy atom. The number of rotatable bonds is 0. The molecule has 0 unspecified atom stereocenters. The van der Waals surface area contributed by atoms with E-state index in [0.717, 1.165) is 5.92 Å². The number of hydrogen-bond donors (Lipinski definition) is 0. The summed E-state index contributed by atoms with van der Waals surface area (Å²) in [5.41, 5.74) is 0. The van der Waals surface area contributed by atoms with E-state index in [1.807, 2.05) is 19.9 Å². The standard InChI is InChI=1S/C6H4Cl2.C5H10.C2H6/c7-5-2-1-3-6(8)4-5;1-5-3-2-4-5;1-2/h1-4H;5H,2-4H2,1H3;1-2H3. The van der Waals surface area contributed by atoms with Gasteiger partial charge in [-0.1, -0.05) is 69.3 Å². The van der Waals surface area contributed by atoms with Crippen LogP contribution < -0.4 is 0 Å². The molecule has 0 nitrogen and oxygen atoms in total. The van der Waals surface area contributed by atoms with Crippen molar-refractivity contribution in [2.45, 2.75) is 40.0 Å². The Bertz CT molecular complexity index is 237. The highest BCUT2D eigenvalue weighted by Crippen LogP contribution is 2.24. The quantitative estimate of drug-likeness (QED) is 0.541. The van der Waals surface area contributed by atoms with Gasteiger partial charge < -0.3 is 0 Å². The summed E-state index contributed by atoms with van der Waals surface area (Å²) in [6.45, 7) is 6.31. The molecule has 2 heteroatoms. The van der Waals surface area contributed by atoms with Crippen molar-refractivity contribution >= 4 is 23.2 Å². The van der Waals surface area contributed by atoms with Gasteiger partial charge in [-0.05, 0) is 24.1 Å². The van der Waals surface area contributed by atoms with Crippen LogP contribution in [0.4, 0.5) is 0 Å². The lowest BCUT2D eigenvalue weighted by atomic mass is 9.88. The zero-order valence-electron chi connectivity index (χ0n) is 9.76. The Labute approximate surface area is 104 Å². The molecule has 1 saturated carbocycles. The molecule has 1 aliphatic rings. The second kappa shape index (κ2) is 9.06. The largest absolute Gasteiger partial charge is 0.0843 e. The molecular formula is C13H20Cl2. The predicted molar refractivity (Wildman–Crippen MR) is 70.8 cm³/mol. The SMILES string of the molecule is CC.CC1CCC1.Clc1cccc(Cl)c1. The first-order chi connectivity index (χ1) is 7.18. The van der Waals surface area contributed by atoms with E-state index in [9.17, 15) is 0 Å². The first kappa shape index (κ1) is 14.8. The molecule has 0 heterocycles. The van der Waals surface area contributed by atoms with Crippen LogP contribution in [0.25, 0.3) is 0 Å². The summed E-state index contributed by atoms with van der Waals surface area (Å²) in [5.74, 6) is 1.06. The third kappa shape index (κ3) is 7.70. The second-order valence-corrected chi connectivity index (χ2v) is 4.35. The van der Waals surface area contributed by atoms with Crippen LogP contribution in [0.15, 0.2) is 24.3 Å². The monoisotopic (exact) mass is 246 g/mol. The Hall–Kier alpha value is -0.200. The van der Waals surface area contributed by atoms with E-state index in [-0.39, 0.29) is 0 Å². The topological polar surface area (TPSA) is 0 Å². The maximum atomic E-state index is 5.56. The van der Waals surface area contributed by atoms with Gasteiger partial charge in [0.25, 0.3) is 0 Å². The zero-order valence-corrected chi connectivity index (χ0v) is 11.3. The summed E-state index contributed by atoms with van der Waals surface area (Å²) in [7, 11) is 0. The Kier molecular flexibility index (Phi) is 8.94. The van der Waals surface area contributed by atoms with Gasteiger partial charge in [-0.3, -0.25) is 0 Å². The summed E-state index contributed by atoms with van der Waals surface area (Å²) in [6, 6.07) is 7.08. The van der Waals surface area contributed by atoms with Gasteiger partial charge in [-0.2, -0.15) is 0 Å². The molecule has 15 heavy (non-hydrogen) atoms. The van der Waals surface area contributed by atoms with Crippen LogP contribution in [0.1, 0.15) is 40.0 Å². The van der Waals surface area contributed by atoms with Crippen molar-refractivity contribution in [1.82, 2.24) is 0 Å². The van der Waals surface area contributed by atoms with Crippen molar-refractivity contribution in [3.63, 3.8) is 0 Å². The van der Waals surface area contributed by atoms with E-state index in [4.69, 9.17) is 23.2 Å². The van der Waals surface area contributed by atoms with Gasteiger partial charge in [0.2, 0.25) is 0 Å². The van der Waals surface area contributed by atoms with Crippen LogP contribution in [0.5, 0.6) is 0 Å². The molecule has 0 saturated heterocycles. The highest BCUT2D eigenvalue weighted by atomic mass is 35.5. The Morgan fingerprint density at radius 1 is 1.07 bits per heavy atom. The minimum atomic E-state index is 0.678. The molecule has 1 aromatic rings. The molecule has 1 aromatic carbocycles. The van der Waals surface area contributed by atoms with Gasteiger partial charge in [-0.15, -0.1) is 0 Å². The van der Waals surface area contributed by atoms with Crippen LogP contribution in [0, 0.1) is 5.92 Å². The van der Waals surface area contributed by atoms with Crippen molar-refractivity contribution in [2.75, 3.05) is 0 Å². The molecule has 0 atom stereocenters. The van der Waals surface area contributed by atoms with E-state index < -0.39 is 0 Å². The van der Waals surface area contributed by atoms with Gasteiger partial charge in [-0.25, -0.2) is 0 Å². The van der Waals surface area contributed by atoms with Gasteiger partial charge in [0, 0.05) is 10.0 Å². The van der Waals surface area contributed by atoms with Crippen LogP contribution in [-0.2, 0) is 0 Å². The van der Waals surface area contributed by atoms with Crippen LogP contribution in [-0.4, -0.2) is 0 Å². The summed E-state index contributed by atoms with van der Waals surface area (Å²) >= 11 is 11.1. The average Bonchev–Trinajstić information content (AvgIpc) is 2.18. The highest BCUT2D eigenvalue weighted by molar-refractivity contribution is 6.34. The highest BCUT2D eigenvalue weighted by Gasteiger charge is 2.09. The number of benzene rings is 1. The van der Waals surface area contributed by atoms with Gasteiger partial charge in [0.1, 0.15) is 0 Å². The second-order valence-electron chi connectivity index (χ2n) is 3.48. The fourth-order valence-corrected chi connectivity index (χ4v) is 1.51. The number of hydrogen-bond acceptors (Lipinski definition) is 0. The molecule has 2 rings (SSSR count). The molecule has 0 spiro atoms. The van der Waals surface area contributed by atoms with Gasteiger partial charge in [0.05, 0.1) is 0 Å². The minimum absolute atomic E-state index is 0.678. The van der Waals surface area contributed by atoms with Crippen LogP contribution in [0.3, 0.4) is 0 Å². The molecule has 0 amide bonds. The fraction of sp³-hybridized carbons (Fsp3) is 0.538. The zero-order chi connectivity index (χ0) is 11.7. The molecule has 1 aliphatic carbocycles. The molecule has 0 aliphatic heterocycles. The Morgan fingerprint density at radius 2 is 1.47 bits per heavy atom. The van der Waals surface area contributed by atoms with E-state index in [0.29, 0.717) is 10.0 Å². The summed E-state index contributed by atoms with van der Waals surface area (Å²) in [4.78, 5) is 0. The first-order valence-corrected chi connectivity index (χ1v) is 6.35. The van der Waals surface area contributed by atoms with Gasteiger partial charge >= 0.3 is 0 Å². The molecule has 0 radical (unpaired) electrons. The summed E-state index contributed by atoms with van der Waals surface area (Å²) < 4.78 is 0. The van der Waals surface area contributed by atoms with Gasteiger partial charge in [0.15, 0.2) is 0 Å². The summed E-state index contributed by atoms with van der Waals surface area (Å²) in [5, 5.41) is 1.36. The molecule has 86 valence electrons. The van der Waals surface area contributed by atoms with Crippen molar-refractivity contribution in [3.8, 4) is 0 Å². The first-order valence-electron chi connectivity index (χ1n) is 5.59. The lowest BCUT2D eigenvalue weighted by Gasteiger charge is -2.18. The average molecular weight is 247 g/mol. The fourth-order valence-electron chi connectivity index (χ4n) is 1.07. The van der Waals surface area contributed by atoms with Crippen LogP contribution in [0.2, 0.25) is 10.0 Å². The smallest absolute Gasteiger partial charge is 0.0420 e. The minimum Gasteiger partial charge on any atom is -0.0843 e. The molecule has 0 aromatic heterocycles. The summed E-state index contributed by atoms with van der Waals surface area (Å²) in [6.07, 6.45) is 4.46. The third-order valence-electron chi connectivity index (χ3n) is 2.18.